The third-order valence-corrected chi connectivity index (χ3v) is 5.37. The van der Waals surface area contributed by atoms with Gasteiger partial charge in [-0.15, -0.1) is 11.3 Å². The van der Waals surface area contributed by atoms with Gasteiger partial charge in [0.15, 0.2) is 0 Å². The molecule has 4 rings (SSSR count). The smallest absolute Gasteiger partial charge is 0.128 e. The average Bonchev–Trinajstić information content (AvgIpc) is 2.92. The standard InChI is InChI=1S/C17H13BrO2S/c18-10-5-6-15-12(7-10)14(19)8-16(20-15)13-9-21-17-4-2-1-3-11(13)17/h1-7,9,14,16,19H,8H2/t14-,16?/m0/s1. The zero-order valence-electron chi connectivity index (χ0n) is 11.1. The maximum atomic E-state index is 10.4. The van der Waals surface area contributed by atoms with Gasteiger partial charge in [-0.2, -0.15) is 0 Å². The summed E-state index contributed by atoms with van der Waals surface area (Å²) in [4.78, 5) is 0. The average molecular weight is 361 g/mol. The molecule has 0 aliphatic carbocycles. The first-order valence-electron chi connectivity index (χ1n) is 6.82. The molecule has 0 bridgehead atoms. The van der Waals surface area contributed by atoms with Crippen molar-refractivity contribution in [1.29, 1.82) is 0 Å². The van der Waals surface area contributed by atoms with E-state index in [2.05, 4.69) is 33.4 Å². The van der Waals surface area contributed by atoms with Crippen molar-refractivity contribution in [3.63, 3.8) is 0 Å². The lowest BCUT2D eigenvalue weighted by Gasteiger charge is -2.29. The van der Waals surface area contributed by atoms with Crippen LogP contribution >= 0.6 is 27.3 Å². The van der Waals surface area contributed by atoms with E-state index in [0.717, 1.165) is 15.8 Å². The van der Waals surface area contributed by atoms with Crippen LogP contribution in [0.5, 0.6) is 5.75 Å². The minimum Gasteiger partial charge on any atom is -0.485 e. The molecule has 0 radical (unpaired) electrons. The van der Waals surface area contributed by atoms with Gasteiger partial charge in [-0.25, -0.2) is 0 Å². The Morgan fingerprint density at radius 1 is 1.14 bits per heavy atom. The van der Waals surface area contributed by atoms with Crippen molar-refractivity contribution in [2.75, 3.05) is 0 Å². The minimum atomic E-state index is -0.491. The predicted octanol–water partition coefficient (Wildman–Crippen LogP) is 5.22. The summed E-state index contributed by atoms with van der Waals surface area (Å²) in [5.41, 5.74) is 2.03. The fraction of sp³-hybridized carbons (Fsp3) is 0.176. The molecule has 2 atom stereocenters. The quantitative estimate of drug-likeness (QED) is 0.644. The Bertz CT molecular complexity index is 811. The molecule has 1 aliphatic rings. The monoisotopic (exact) mass is 360 g/mol. The highest BCUT2D eigenvalue weighted by Crippen LogP contribution is 2.44. The van der Waals surface area contributed by atoms with E-state index in [4.69, 9.17) is 4.74 Å². The maximum absolute atomic E-state index is 10.4. The van der Waals surface area contributed by atoms with Crippen LogP contribution in [-0.2, 0) is 0 Å². The molecule has 1 aromatic heterocycles. The molecule has 106 valence electrons. The molecule has 3 aromatic rings. The first-order chi connectivity index (χ1) is 10.2. The molecule has 0 spiro atoms. The Kier molecular flexibility index (Phi) is 3.25. The third-order valence-electron chi connectivity index (χ3n) is 3.90. The molecule has 0 fully saturated rings. The van der Waals surface area contributed by atoms with Crippen molar-refractivity contribution in [2.45, 2.75) is 18.6 Å². The summed E-state index contributed by atoms with van der Waals surface area (Å²) in [7, 11) is 0. The Labute approximate surface area is 135 Å². The van der Waals surface area contributed by atoms with Gasteiger partial charge in [0, 0.05) is 26.7 Å². The molecule has 0 saturated carbocycles. The molecule has 4 heteroatoms. The van der Waals surface area contributed by atoms with Gasteiger partial charge in [0.25, 0.3) is 0 Å². The summed E-state index contributed by atoms with van der Waals surface area (Å²) in [6.45, 7) is 0. The number of rotatable bonds is 1. The lowest BCUT2D eigenvalue weighted by Crippen LogP contribution is -2.18. The number of hydrogen-bond acceptors (Lipinski definition) is 3. The number of hydrogen-bond donors (Lipinski definition) is 1. The molecular formula is C17H13BrO2S. The van der Waals surface area contributed by atoms with Gasteiger partial charge in [0.2, 0.25) is 0 Å². The van der Waals surface area contributed by atoms with E-state index in [1.54, 1.807) is 11.3 Å². The largest absolute Gasteiger partial charge is 0.485 e. The van der Waals surface area contributed by atoms with E-state index in [1.165, 1.54) is 15.6 Å². The van der Waals surface area contributed by atoms with Gasteiger partial charge in [-0.3, -0.25) is 0 Å². The van der Waals surface area contributed by atoms with Crippen LogP contribution in [0.25, 0.3) is 10.1 Å². The van der Waals surface area contributed by atoms with Crippen LogP contribution in [0.4, 0.5) is 0 Å². The fourth-order valence-corrected chi connectivity index (χ4v) is 4.24. The van der Waals surface area contributed by atoms with Crippen molar-refractivity contribution in [2.24, 2.45) is 0 Å². The van der Waals surface area contributed by atoms with E-state index < -0.39 is 6.10 Å². The summed E-state index contributed by atoms with van der Waals surface area (Å²) < 4.78 is 8.35. The highest BCUT2D eigenvalue weighted by atomic mass is 79.9. The lowest BCUT2D eigenvalue weighted by molar-refractivity contribution is 0.0665. The number of halogens is 1. The molecule has 0 amide bonds. The summed E-state index contributed by atoms with van der Waals surface area (Å²) in [5.74, 6) is 0.775. The normalized spacial score (nSPS) is 21.0. The van der Waals surface area contributed by atoms with Gasteiger partial charge in [-0.1, -0.05) is 34.1 Å². The molecule has 21 heavy (non-hydrogen) atoms. The van der Waals surface area contributed by atoms with E-state index in [0.29, 0.717) is 6.42 Å². The maximum Gasteiger partial charge on any atom is 0.128 e. The molecule has 2 aromatic carbocycles. The fourth-order valence-electron chi connectivity index (χ4n) is 2.86. The van der Waals surface area contributed by atoms with Crippen LogP contribution in [0.2, 0.25) is 0 Å². The van der Waals surface area contributed by atoms with E-state index in [-0.39, 0.29) is 6.10 Å². The van der Waals surface area contributed by atoms with Gasteiger partial charge in [0.1, 0.15) is 11.9 Å². The van der Waals surface area contributed by atoms with Crippen molar-refractivity contribution in [3.8, 4) is 5.75 Å². The summed E-state index contributed by atoms with van der Waals surface area (Å²) >= 11 is 5.16. The van der Waals surface area contributed by atoms with E-state index in [9.17, 15) is 5.11 Å². The molecule has 2 heterocycles. The number of benzene rings is 2. The van der Waals surface area contributed by atoms with Crippen LogP contribution in [0.15, 0.2) is 52.3 Å². The number of fused-ring (bicyclic) bond motifs is 2. The van der Waals surface area contributed by atoms with Crippen molar-refractivity contribution < 1.29 is 9.84 Å². The van der Waals surface area contributed by atoms with Crippen LogP contribution in [0.3, 0.4) is 0 Å². The molecule has 1 N–H and O–H groups in total. The van der Waals surface area contributed by atoms with Crippen LogP contribution in [-0.4, -0.2) is 5.11 Å². The van der Waals surface area contributed by atoms with Crippen LogP contribution < -0.4 is 4.74 Å². The zero-order valence-corrected chi connectivity index (χ0v) is 13.5. The van der Waals surface area contributed by atoms with Crippen molar-refractivity contribution >= 4 is 37.4 Å². The lowest BCUT2D eigenvalue weighted by atomic mass is 9.95. The van der Waals surface area contributed by atoms with Gasteiger partial charge in [0.05, 0.1) is 6.10 Å². The van der Waals surface area contributed by atoms with Gasteiger partial charge in [-0.05, 0) is 35.0 Å². The Morgan fingerprint density at radius 2 is 2.00 bits per heavy atom. The molecule has 1 aliphatic heterocycles. The third kappa shape index (κ3) is 2.27. The molecule has 1 unspecified atom stereocenters. The second-order valence-corrected chi connectivity index (χ2v) is 7.05. The number of aliphatic hydroxyl groups is 1. The summed E-state index contributed by atoms with van der Waals surface area (Å²) in [5, 5.41) is 13.8. The van der Waals surface area contributed by atoms with Gasteiger partial charge >= 0.3 is 0 Å². The second-order valence-electron chi connectivity index (χ2n) is 5.23. The predicted molar refractivity (Wildman–Crippen MR) is 88.9 cm³/mol. The number of aliphatic hydroxyl groups excluding tert-OH is 1. The number of thiophene rings is 1. The van der Waals surface area contributed by atoms with Gasteiger partial charge < -0.3 is 9.84 Å². The van der Waals surface area contributed by atoms with Crippen molar-refractivity contribution in [1.82, 2.24) is 0 Å². The SMILES string of the molecule is O[C@H]1CC(c2csc3ccccc23)Oc2ccc(Br)cc21. The topological polar surface area (TPSA) is 29.5 Å². The minimum absolute atomic E-state index is 0.0928. The second kappa shape index (κ2) is 5.13. The van der Waals surface area contributed by atoms with Crippen LogP contribution in [0.1, 0.15) is 29.8 Å². The van der Waals surface area contributed by atoms with Crippen molar-refractivity contribution in [3.05, 3.63) is 63.4 Å². The van der Waals surface area contributed by atoms with E-state index >= 15 is 0 Å². The molecule has 0 saturated heterocycles. The Balaban J connectivity index is 1.76. The highest BCUT2D eigenvalue weighted by Gasteiger charge is 2.29. The highest BCUT2D eigenvalue weighted by molar-refractivity contribution is 9.10. The Hall–Kier alpha value is -1.36. The Morgan fingerprint density at radius 3 is 2.90 bits per heavy atom. The molecule has 2 nitrogen and oxygen atoms in total. The number of ether oxygens (including phenoxy) is 1. The summed E-state index contributed by atoms with van der Waals surface area (Å²) in [6.07, 6.45) is 0.00390. The first-order valence-corrected chi connectivity index (χ1v) is 8.50. The molecular weight excluding hydrogens is 348 g/mol. The van der Waals surface area contributed by atoms with E-state index in [1.807, 2.05) is 30.3 Å². The summed E-state index contributed by atoms with van der Waals surface area (Å²) in [6, 6.07) is 14.1. The first kappa shape index (κ1) is 13.3. The van der Waals surface area contributed by atoms with Crippen LogP contribution in [0, 0.1) is 0 Å². The zero-order chi connectivity index (χ0) is 14.4.